The van der Waals surface area contributed by atoms with Crippen molar-refractivity contribution in [1.82, 2.24) is 9.97 Å². The normalized spacial score (nSPS) is 12.1. The van der Waals surface area contributed by atoms with E-state index in [4.69, 9.17) is 11.6 Å². The predicted molar refractivity (Wildman–Crippen MR) is 65.5 cm³/mol. The summed E-state index contributed by atoms with van der Waals surface area (Å²) in [5.41, 5.74) is 1.85. The van der Waals surface area contributed by atoms with Crippen molar-refractivity contribution in [3.63, 3.8) is 0 Å². The monoisotopic (exact) mass is 233 g/mol. The highest BCUT2D eigenvalue weighted by Crippen LogP contribution is 2.23. The largest absolute Gasteiger partial charge is 0.376 e. The summed E-state index contributed by atoms with van der Waals surface area (Å²) in [4.78, 5) is 8.22. The van der Waals surface area contributed by atoms with E-state index in [1.165, 1.54) is 0 Å². The molecule has 2 rings (SSSR count). The van der Waals surface area contributed by atoms with Gasteiger partial charge in [0.05, 0.1) is 22.4 Å². The molecule has 0 aromatic carbocycles. The van der Waals surface area contributed by atoms with Gasteiger partial charge in [0.15, 0.2) is 0 Å². The quantitative estimate of drug-likeness (QED) is 0.884. The van der Waals surface area contributed by atoms with Crippen molar-refractivity contribution >= 4 is 17.3 Å². The van der Waals surface area contributed by atoms with Gasteiger partial charge in [-0.15, -0.1) is 0 Å². The van der Waals surface area contributed by atoms with Gasteiger partial charge in [-0.25, -0.2) is 0 Å². The molecule has 0 aliphatic rings. The Kier molecular flexibility index (Phi) is 3.37. The third-order valence-electron chi connectivity index (χ3n) is 2.28. The second-order valence-electron chi connectivity index (χ2n) is 3.48. The van der Waals surface area contributed by atoms with Crippen LogP contribution < -0.4 is 5.32 Å². The maximum Gasteiger partial charge on any atom is 0.0820 e. The molecule has 0 bridgehead atoms. The van der Waals surface area contributed by atoms with Gasteiger partial charge in [-0.1, -0.05) is 17.7 Å². The van der Waals surface area contributed by atoms with E-state index in [-0.39, 0.29) is 6.04 Å². The lowest BCUT2D eigenvalue weighted by Crippen LogP contribution is -2.08. The van der Waals surface area contributed by atoms with Gasteiger partial charge in [0, 0.05) is 18.6 Å². The van der Waals surface area contributed by atoms with Gasteiger partial charge in [-0.3, -0.25) is 9.97 Å². The number of hydrogen-bond acceptors (Lipinski definition) is 3. The molecule has 0 saturated heterocycles. The van der Waals surface area contributed by atoms with Crippen molar-refractivity contribution in [1.29, 1.82) is 0 Å². The molecular formula is C12H12ClN3. The SMILES string of the molecule is CC(Nc1ccncc1Cl)c1ccccn1. The summed E-state index contributed by atoms with van der Waals surface area (Å²) in [5, 5.41) is 3.91. The van der Waals surface area contributed by atoms with Crippen LogP contribution in [-0.2, 0) is 0 Å². The molecule has 1 unspecified atom stereocenters. The Hall–Kier alpha value is -1.61. The third-order valence-corrected chi connectivity index (χ3v) is 2.58. The van der Waals surface area contributed by atoms with Gasteiger partial charge in [-0.2, -0.15) is 0 Å². The number of nitrogens with one attached hydrogen (secondary N) is 1. The number of nitrogens with zero attached hydrogens (tertiary/aromatic N) is 2. The van der Waals surface area contributed by atoms with Crippen LogP contribution in [0.2, 0.25) is 5.02 Å². The fourth-order valence-corrected chi connectivity index (χ4v) is 1.61. The minimum absolute atomic E-state index is 0.112. The molecule has 1 N–H and O–H groups in total. The second-order valence-corrected chi connectivity index (χ2v) is 3.88. The number of hydrogen-bond donors (Lipinski definition) is 1. The lowest BCUT2D eigenvalue weighted by Gasteiger charge is -2.15. The van der Waals surface area contributed by atoms with E-state index in [0.717, 1.165) is 11.4 Å². The van der Waals surface area contributed by atoms with E-state index in [1.807, 2.05) is 31.2 Å². The van der Waals surface area contributed by atoms with Crippen molar-refractivity contribution in [3.8, 4) is 0 Å². The Morgan fingerprint density at radius 1 is 1.25 bits per heavy atom. The highest BCUT2D eigenvalue weighted by molar-refractivity contribution is 6.33. The molecule has 0 fully saturated rings. The molecule has 16 heavy (non-hydrogen) atoms. The summed E-state index contributed by atoms with van der Waals surface area (Å²) in [7, 11) is 0. The molecule has 2 aromatic heterocycles. The first-order valence-electron chi connectivity index (χ1n) is 5.04. The Labute approximate surface area is 99.5 Å². The molecule has 0 radical (unpaired) electrons. The molecule has 2 heterocycles. The summed E-state index contributed by atoms with van der Waals surface area (Å²) >= 11 is 6.01. The van der Waals surface area contributed by atoms with Gasteiger partial charge in [0.1, 0.15) is 0 Å². The standard InChI is InChI=1S/C12H12ClN3/c1-9(11-4-2-3-6-15-11)16-12-5-7-14-8-10(12)13/h2-9H,1H3,(H,14,16). The average molecular weight is 234 g/mol. The first-order valence-corrected chi connectivity index (χ1v) is 5.42. The van der Waals surface area contributed by atoms with E-state index < -0.39 is 0 Å². The fourth-order valence-electron chi connectivity index (χ4n) is 1.43. The van der Waals surface area contributed by atoms with Gasteiger partial charge in [-0.05, 0) is 25.1 Å². The molecule has 1 atom stereocenters. The van der Waals surface area contributed by atoms with Crippen molar-refractivity contribution in [3.05, 3.63) is 53.6 Å². The van der Waals surface area contributed by atoms with E-state index in [0.29, 0.717) is 5.02 Å². The van der Waals surface area contributed by atoms with Crippen LogP contribution in [0.3, 0.4) is 0 Å². The van der Waals surface area contributed by atoms with Crippen LogP contribution in [0.4, 0.5) is 5.69 Å². The Bertz CT molecular complexity index is 459. The number of anilines is 1. The van der Waals surface area contributed by atoms with Gasteiger partial charge < -0.3 is 5.32 Å². The van der Waals surface area contributed by atoms with Gasteiger partial charge in [0.2, 0.25) is 0 Å². The minimum Gasteiger partial charge on any atom is -0.376 e. The van der Waals surface area contributed by atoms with Crippen LogP contribution in [-0.4, -0.2) is 9.97 Å². The third kappa shape index (κ3) is 2.49. The number of aromatic nitrogens is 2. The van der Waals surface area contributed by atoms with Crippen molar-refractivity contribution in [2.24, 2.45) is 0 Å². The van der Waals surface area contributed by atoms with Crippen LogP contribution >= 0.6 is 11.6 Å². The van der Waals surface area contributed by atoms with Crippen LogP contribution in [0.5, 0.6) is 0 Å². The molecule has 0 spiro atoms. The Morgan fingerprint density at radius 2 is 2.12 bits per heavy atom. The van der Waals surface area contributed by atoms with Crippen LogP contribution in [0.1, 0.15) is 18.7 Å². The van der Waals surface area contributed by atoms with E-state index >= 15 is 0 Å². The lowest BCUT2D eigenvalue weighted by molar-refractivity contribution is 0.839. The topological polar surface area (TPSA) is 37.8 Å². The molecule has 2 aromatic rings. The summed E-state index contributed by atoms with van der Waals surface area (Å²) < 4.78 is 0. The van der Waals surface area contributed by atoms with Crippen molar-refractivity contribution in [2.75, 3.05) is 5.32 Å². The summed E-state index contributed by atoms with van der Waals surface area (Å²) in [5.74, 6) is 0. The molecule has 3 nitrogen and oxygen atoms in total. The zero-order valence-electron chi connectivity index (χ0n) is 8.89. The fraction of sp³-hybridized carbons (Fsp3) is 0.167. The summed E-state index contributed by atoms with van der Waals surface area (Å²) in [6.07, 6.45) is 5.11. The molecule has 0 saturated carbocycles. The highest BCUT2D eigenvalue weighted by Gasteiger charge is 2.07. The Morgan fingerprint density at radius 3 is 2.81 bits per heavy atom. The van der Waals surface area contributed by atoms with Crippen LogP contribution in [0, 0.1) is 0 Å². The van der Waals surface area contributed by atoms with Crippen LogP contribution in [0.15, 0.2) is 42.9 Å². The lowest BCUT2D eigenvalue weighted by atomic mass is 10.2. The Balaban J connectivity index is 2.14. The number of rotatable bonds is 3. The van der Waals surface area contributed by atoms with Crippen molar-refractivity contribution < 1.29 is 0 Å². The first-order chi connectivity index (χ1) is 7.77. The average Bonchev–Trinajstić information content (AvgIpc) is 2.33. The second kappa shape index (κ2) is 4.94. The van der Waals surface area contributed by atoms with Gasteiger partial charge in [0.25, 0.3) is 0 Å². The molecule has 4 heteroatoms. The molecule has 0 amide bonds. The van der Waals surface area contributed by atoms with Crippen molar-refractivity contribution in [2.45, 2.75) is 13.0 Å². The predicted octanol–water partition coefficient (Wildman–Crippen LogP) is 3.30. The summed E-state index contributed by atoms with van der Waals surface area (Å²) in [6, 6.07) is 7.81. The molecular weight excluding hydrogens is 222 g/mol. The maximum atomic E-state index is 6.01. The highest BCUT2D eigenvalue weighted by atomic mass is 35.5. The minimum atomic E-state index is 0.112. The number of halogens is 1. The molecule has 82 valence electrons. The van der Waals surface area contributed by atoms with E-state index in [1.54, 1.807) is 18.6 Å². The number of pyridine rings is 2. The smallest absolute Gasteiger partial charge is 0.0820 e. The molecule has 0 aliphatic carbocycles. The zero-order valence-corrected chi connectivity index (χ0v) is 9.65. The summed E-state index contributed by atoms with van der Waals surface area (Å²) in [6.45, 7) is 2.04. The van der Waals surface area contributed by atoms with Crippen LogP contribution in [0.25, 0.3) is 0 Å². The zero-order chi connectivity index (χ0) is 11.4. The molecule has 0 aliphatic heterocycles. The van der Waals surface area contributed by atoms with E-state index in [9.17, 15) is 0 Å². The first kappa shape index (κ1) is 10.9. The van der Waals surface area contributed by atoms with E-state index in [2.05, 4.69) is 15.3 Å². The maximum absolute atomic E-state index is 6.01. The van der Waals surface area contributed by atoms with Gasteiger partial charge >= 0.3 is 0 Å².